The Morgan fingerprint density at radius 1 is 0.466 bits per heavy atom. The van der Waals surface area contributed by atoms with Crippen LogP contribution in [-0.4, -0.2) is 89.2 Å². The number of aliphatic hydroxyl groups is 2. The van der Waals surface area contributed by atoms with Crippen LogP contribution in [0.2, 0.25) is 0 Å². The van der Waals surface area contributed by atoms with Crippen molar-refractivity contribution in [1.29, 1.82) is 0 Å². The summed E-state index contributed by atoms with van der Waals surface area (Å²) in [6, 6.07) is 0. The second-order valence-corrected chi connectivity index (χ2v) is 18.4. The van der Waals surface area contributed by atoms with Crippen LogP contribution in [0.3, 0.4) is 0 Å². The molecule has 1 heterocycles. The minimum atomic E-state index is -1.92. The summed E-state index contributed by atoms with van der Waals surface area (Å²) in [6.07, 6.45) is 52.2. The molecule has 1 saturated heterocycles. The van der Waals surface area contributed by atoms with Crippen molar-refractivity contribution in [2.24, 2.45) is 0 Å². The number of hydrogen-bond acceptors (Lipinski definition) is 11. The van der Waals surface area contributed by atoms with Gasteiger partial charge in [-0.05, 0) is 109 Å². The first kappa shape index (κ1) is 66.4. The molecule has 0 aromatic carbocycles. The van der Waals surface area contributed by atoms with Crippen LogP contribution in [0.25, 0.3) is 0 Å². The number of allylic oxidation sites excluding steroid dienone is 18. The fourth-order valence-electron chi connectivity index (χ4n) is 7.57. The van der Waals surface area contributed by atoms with Crippen molar-refractivity contribution >= 4 is 23.9 Å². The summed E-state index contributed by atoms with van der Waals surface area (Å²) in [6.45, 7) is 5.63. The molecule has 73 heavy (non-hydrogen) atoms. The van der Waals surface area contributed by atoms with Gasteiger partial charge in [0.15, 0.2) is 24.6 Å². The lowest BCUT2D eigenvalue weighted by molar-refractivity contribution is -0.301. The number of aliphatic hydroxyl groups excluding tert-OH is 2. The number of unbranched alkanes of at least 4 members (excludes halogenated alkanes) is 13. The van der Waals surface area contributed by atoms with E-state index < -0.39 is 67.3 Å². The Hall–Kier alpha value is -4.62. The summed E-state index contributed by atoms with van der Waals surface area (Å²) < 4.78 is 28.3. The largest absolute Gasteiger partial charge is 0.479 e. The maximum absolute atomic E-state index is 13.1. The predicted molar refractivity (Wildman–Crippen MR) is 294 cm³/mol. The average molecular weight is 1020 g/mol. The fourth-order valence-corrected chi connectivity index (χ4v) is 7.57. The van der Waals surface area contributed by atoms with Gasteiger partial charge in [-0.25, -0.2) is 4.79 Å². The van der Waals surface area contributed by atoms with Crippen LogP contribution in [0, 0.1) is 0 Å². The Balaban J connectivity index is 2.77. The minimum Gasteiger partial charge on any atom is -0.479 e. The molecule has 0 aromatic heterocycles. The fraction of sp³-hybridized carbons (Fsp3) is 0.639. The molecule has 12 heteroatoms. The summed E-state index contributed by atoms with van der Waals surface area (Å²) in [4.78, 5) is 51.0. The number of esters is 3. The van der Waals surface area contributed by atoms with E-state index in [1.807, 2.05) is 6.08 Å². The van der Waals surface area contributed by atoms with Crippen molar-refractivity contribution in [2.45, 2.75) is 237 Å². The zero-order chi connectivity index (χ0) is 53.3. The molecule has 1 aliphatic heterocycles. The van der Waals surface area contributed by atoms with E-state index in [1.165, 1.54) is 12.8 Å². The van der Waals surface area contributed by atoms with Crippen molar-refractivity contribution in [3.8, 4) is 0 Å². The van der Waals surface area contributed by atoms with Gasteiger partial charge in [-0.15, -0.1) is 0 Å². The topological polar surface area (TPSA) is 175 Å². The molecule has 6 atom stereocenters. The lowest BCUT2D eigenvalue weighted by atomic mass is 9.98. The van der Waals surface area contributed by atoms with Crippen LogP contribution in [0.5, 0.6) is 0 Å². The second-order valence-electron chi connectivity index (χ2n) is 18.4. The number of carboxylic acid groups (broad SMARTS) is 1. The van der Waals surface area contributed by atoms with Gasteiger partial charge >= 0.3 is 23.9 Å². The zero-order valence-corrected chi connectivity index (χ0v) is 45.1. The number of ether oxygens (including phenoxy) is 5. The van der Waals surface area contributed by atoms with Gasteiger partial charge < -0.3 is 39.0 Å². The summed E-state index contributed by atoms with van der Waals surface area (Å²) in [5.41, 5.74) is 0. The Bertz CT molecular complexity index is 1690. The summed E-state index contributed by atoms with van der Waals surface area (Å²) >= 11 is 0. The Kier molecular flexibility index (Phi) is 44.0. The smallest absolute Gasteiger partial charge is 0.335 e. The van der Waals surface area contributed by atoms with E-state index in [2.05, 4.69) is 124 Å². The van der Waals surface area contributed by atoms with Crippen LogP contribution < -0.4 is 0 Å². The van der Waals surface area contributed by atoms with Gasteiger partial charge in [-0.1, -0.05) is 182 Å². The van der Waals surface area contributed by atoms with Crippen molar-refractivity contribution in [2.75, 3.05) is 13.2 Å². The molecule has 0 aromatic rings. The molecule has 1 fully saturated rings. The third-order valence-corrected chi connectivity index (χ3v) is 11.8. The molecule has 12 nitrogen and oxygen atoms in total. The molecule has 0 aliphatic carbocycles. The minimum absolute atomic E-state index is 0.0368. The van der Waals surface area contributed by atoms with E-state index in [0.717, 1.165) is 122 Å². The van der Waals surface area contributed by atoms with Crippen molar-refractivity contribution in [1.82, 2.24) is 0 Å². The molecule has 0 amide bonds. The molecule has 0 bridgehead atoms. The highest BCUT2D eigenvalue weighted by atomic mass is 16.7. The normalized spacial score (nSPS) is 19.2. The number of carbonyl (C=O) groups excluding carboxylic acids is 3. The number of aliphatic carboxylic acids is 1. The zero-order valence-electron chi connectivity index (χ0n) is 45.1. The Morgan fingerprint density at radius 3 is 1.37 bits per heavy atom. The van der Waals surface area contributed by atoms with E-state index in [-0.39, 0.29) is 25.9 Å². The van der Waals surface area contributed by atoms with Gasteiger partial charge in [0.1, 0.15) is 18.8 Å². The molecular weight excluding hydrogens is 925 g/mol. The quantitative estimate of drug-likeness (QED) is 0.0228. The highest BCUT2D eigenvalue weighted by Gasteiger charge is 2.50. The summed E-state index contributed by atoms with van der Waals surface area (Å²) in [5, 5.41) is 31.4. The van der Waals surface area contributed by atoms with Crippen LogP contribution >= 0.6 is 0 Å². The third-order valence-electron chi connectivity index (χ3n) is 11.8. The molecule has 0 radical (unpaired) electrons. The first-order chi connectivity index (χ1) is 35.6. The number of carbonyl (C=O) groups is 4. The van der Waals surface area contributed by atoms with Crippen LogP contribution in [0.15, 0.2) is 109 Å². The second kappa shape index (κ2) is 48.3. The van der Waals surface area contributed by atoms with Crippen molar-refractivity contribution < 1.29 is 58.2 Å². The number of carboxylic acids is 1. The van der Waals surface area contributed by atoms with Crippen LogP contribution in [-0.2, 0) is 42.9 Å². The van der Waals surface area contributed by atoms with Crippen molar-refractivity contribution in [3.05, 3.63) is 109 Å². The van der Waals surface area contributed by atoms with E-state index in [0.29, 0.717) is 25.7 Å². The predicted octanol–water partition coefficient (Wildman–Crippen LogP) is 13.9. The van der Waals surface area contributed by atoms with E-state index in [4.69, 9.17) is 23.7 Å². The summed E-state index contributed by atoms with van der Waals surface area (Å²) in [7, 11) is 0. The average Bonchev–Trinajstić information content (AvgIpc) is 3.37. The first-order valence-electron chi connectivity index (χ1n) is 27.9. The number of rotatable bonds is 45. The number of hydrogen-bond donors (Lipinski definition) is 3. The van der Waals surface area contributed by atoms with Gasteiger partial charge in [-0.2, -0.15) is 0 Å². The molecule has 6 unspecified atom stereocenters. The Morgan fingerprint density at radius 2 is 0.877 bits per heavy atom. The Labute approximate surface area is 440 Å². The van der Waals surface area contributed by atoms with E-state index in [1.54, 1.807) is 0 Å². The monoisotopic (exact) mass is 1020 g/mol. The highest BCUT2D eigenvalue weighted by molar-refractivity contribution is 5.74. The third kappa shape index (κ3) is 38.6. The van der Waals surface area contributed by atoms with E-state index in [9.17, 15) is 34.5 Å². The van der Waals surface area contributed by atoms with Gasteiger partial charge in [-0.3, -0.25) is 14.4 Å². The van der Waals surface area contributed by atoms with Gasteiger partial charge in [0.05, 0.1) is 6.61 Å². The SMILES string of the molecule is CC/C=C\C/C=C\C/C=C\C/C=C\C/C=C\CCCC(=O)OCC(COC1OC(C(=O)O)C(O)C(O)C1OC(=O)CCCCCCC/C=C\CCCC)OC(=O)CCCCCCC/C=C\C/C=C\C/C=C\CC. The van der Waals surface area contributed by atoms with Gasteiger partial charge in [0, 0.05) is 19.3 Å². The maximum Gasteiger partial charge on any atom is 0.335 e. The standard InChI is InChI=1S/C61H96O12/c1-4-7-10-13-16-19-22-24-26-27-29-30-33-35-38-41-44-47-53(62)69-50-52(71-54(63)48-45-42-39-37-34-31-28-25-23-20-17-14-11-8-5-2)51-70-61-59(57(66)56(65)58(73-61)60(67)68)72-55(64)49-46-43-40-36-32-21-18-15-12-9-6-3/h7-8,10-11,15-20,24-26,28-30,35,38,52,56-59,61,65-66H,4-6,9,12-14,21-23,27,31-34,36-37,39-51H2,1-3H3,(H,67,68)/b10-7-,11-8-,18-15-,19-16-,20-17-,26-24-,28-25-,30-29-,38-35-. The molecular formula is C61H96O12. The van der Waals surface area contributed by atoms with Crippen LogP contribution in [0.1, 0.15) is 201 Å². The first-order valence-corrected chi connectivity index (χ1v) is 27.9. The lowest BCUT2D eigenvalue weighted by Crippen LogP contribution is -2.61. The highest BCUT2D eigenvalue weighted by Crippen LogP contribution is 2.26. The molecule has 1 rings (SSSR count). The van der Waals surface area contributed by atoms with Gasteiger partial charge in [0.2, 0.25) is 0 Å². The summed E-state index contributed by atoms with van der Waals surface area (Å²) in [5.74, 6) is -3.25. The van der Waals surface area contributed by atoms with Crippen molar-refractivity contribution in [3.63, 3.8) is 0 Å². The molecule has 0 saturated carbocycles. The van der Waals surface area contributed by atoms with Crippen LogP contribution in [0.4, 0.5) is 0 Å². The maximum atomic E-state index is 13.1. The molecule has 0 spiro atoms. The van der Waals surface area contributed by atoms with Gasteiger partial charge in [0.25, 0.3) is 0 Å². The van der Waals surface area contributed by atoms with E-state index >= 15 is 0 Å². The molecule has 412 valence electrons. The molecule has 3 N–H and O–H groups in total. The molecule has 1 aliphatic rings. The lowest BCUT2D eigenvalue weighted by Gasteiger charge is -2.40.